The maximum absolute atomic E-state index is 5.98. The van der Waals surface area contributed by atoms with Crippen molar-refractivity contribution in [3.8, 4) is 16.3 Å². The van der Waals surface area contributed by atoms with Crippen molar-refractivity contribution in [3.63, 3.8) is 0 Å². The Bertz CT molecular complexity index is 1340. The van der Waals surface area contributed by atoms with Crippen molar-refractivity contribution in [2.24, 2.45) is 0 Å². The highest BCUT2D eigenvalue weighted by molar-refractivity contribution is 7.98. The predicted octanol–water partition coefficient (Wildman–Crippen LogP) is 6.97. The molecule has 0 saturated heterocycles. The van der Waals surface area contributed by atoms with Crippen LogP contribution in [0.15, 0.2) is 95.5 Å². The van der Waals surface area contributed by atoms with E-state index < -0.39 is 0 Å². The van der Waals surface area contributed by atoms with Crippen molar-refractivity contribution >= 4 is 34.7 Å². The van der Waals surface area contributed by atoms with E-state index >= 15 is 0 Å². The van der Waals surface area contributed by atoms with Gasteiger partial charge in [0, 0.05) is 21.7 Å². The molecule has 5 rings (SSSR count). The summed E-state index contributed by atoms with van der Waals surface area (Å²) in [5.41, 5.74) is 3.34. The van der Waals surface area contributed by atoms with Crippen molar-refractivity contribution < 1.29 is 4.74 Å². The summed E-state index contributed by atoms with van der Waals surface area (Å²) in [6, 6.07) is 27.9. The van der Waals surface area contributed by atoms with Gasteiger partial charge in [-0.05, 0) is 29.8 Å². The van der Waals surface area contributed by atoms with E-state index in [1.54, 1.807) is 23.1 Å². The van der Waals surface area contributed by atoms with Gasteiger partial charge in [0.15, 0.2) is 11.0 Å². The highest BCUT2D eigenvalue weighted by Crippen LogP contribution is 2.28. The molecule has 0 amide bonds. The number of hydrogen-bond donors (Lipinski definition) is 0. The lowest BCUT2D eigenvalue weighted by Gasteiger charge is -2.11. The molecule has 0 saturated carbocycles. The molecule has 0 atom stereocenters. The van der Waals surface area contributed by atoms with E-state index in [4.69, 9.17) is 21.3 Å². The van der Waals surface area contributed by atoms with E-state index in [0.717, 1.165) is 33.0 Å². The molecule has 170 valence electrons. The summed E-state index contributed by atoms with van der Waals surface area (Å²) in [5.74, 6) is 2.22. The highest BCUT2D eigenvalue weighted by Gasteiger charge is 2.15. The van der Waals surface area contributed by atoms with Crippen molar-refractivity contribution in [1.82, 2.24) is 19.7 Å². The van der Waals surface area contributed by atoms with Crippen molar-refractivity contribution in [2.45, 2.75) is 24.1 Å². The minimum Gasteiger partial charge on any atom is -0.486 e. The molecule has 8 heteroatoms. The van der Waals surface area contributed by atoms with Crippen LogP contribution >= 0.6 is 34.7 Å². The number of halogens is 1. The quantitative estimate of drug-likeness (QED) is 0.203. The van der Waals surface area contributed by atoms with Crippen LogP contribution in [0, 0.1) is 0 Å². The Hall–Kier alpha value is -3.13. The second-order valence-electron chi connectivity index (χ2n) is 7.51. The number of thioether (sulfide) groups is 1. The first-order chi connectivity index (χ1) is 16.7. The molecule has 0 N–H and O–H groups in total. The summed E-state index contributed by atoms with van der Waals surface area (Å²) in [7, 11) is 0. The van der Waals surface area contributed by atoms with Gasteiger partial charge in [-0.3, -0.25) is 4.57 Å². The summed E-state index contributed by atoms with van der Waals surface area (Å²) in [4.78, 5) is 4.80. The average molecular weight is 505 g/mol. The van der Waals surface area contributed by atoms with Gasteiger partial charge >= 0.3 is 0 Å². The minimum atomic E-state index is 0.316. The Morgan fingerprint density at radius 3 is 2.38 bits per heavy atom. The summed E-state index contributed by atoms with van der Waals surface area (Å²) < 4.78 is 8.06. The molecule has 0 bridgehead atoms. The van der Waals surface area contributed by atoms with E-state index in [-0.39, 0.29) is 0 Å². The Labute approximate surface area is 211 Å². The van der Waals surface area contributed by atoms with Gasteiger partial charge in [0.2, 0.25) is 0 Å². The Morgan fingerprint density at radius 2 is 1.62 bits per heavy atom. The molecule has 2 heterocycles. The van der Waals surface area contributed by atoms with E-state index in [9.17, 15) is 0 Å². The van der Waals surface area contributed by atoms with Crippen LogP contribution in [-0.4, -0.2) is 19.7 Å². The molecule has 3 aromatic carbocycles. The first kappa shape index (κ1) is 22.7. The number of thiazole rings is 1. The monoisotopic (exact) mass is 504 g/mol. The average Bonchev–Trinajstić information content (AvgIpc) is 3.51. The number of rotatable bonds is 9. The van der Waals surface area contributed by atoms with Gasteiger partial charge in [-0.15, -0.1) is 21.5 Å². The number of benzene rings is 3. The van der Waals surface area contributed by atoms with E-state index in [2.05, 4.69) is 44.4 Å². The molecule has 0 fully saturated rings. The van der Waals surface area contributed by atoms with Crippen LogP contribution in [0.1, 0.15) is 17.1 Å². The predicted molar refractivity (Wildman–Crippen MR) is 138 cm³/mol. The van der Waals surface area contributed by atoms with Gasteiger partial charge in [-0.2, -0.15) is 0 Å². The van der Waals surface area contributed by atoms with E-state index in [1.165, 1.54) is 5.56 Å². The van der Waals surface area contributed by atoms with Gasteiger partial charge < -0.3 is 4.74 Å². The van der Waals surface area contributed by atoms with Crippen LogP contribution < -0.4 is 4.74 Å². The van der Waals surface area contributed by atoms with Crippen molar-refractivity contribution in [2.75, 3.05) is 0 Å². The van der Waals surface area contributed by atoms with Gasteiger partial charge in [0.1, 0.15) is 17.4 Å². The topological polar surface area (TPSA) is 52.8 Å². The third-order valence-electron chi connectivity index (χ3n) is 5.08. The van der Waals surface area contributed by atoms with E-state index in [0.29, 0.717) is 23.9 Å². The van der Waals surface area contributed by atoms with Crippen LogP contribution in [0.3, 0.4) is 0 Å². The molecule has 0 aliphatic rings. The molecule has 0 aliphatic heterocycles. The lowest BCUT2D eigenvalue weighted by atomic mass is 10.2. The maximum Gasteiger partial charge on any atom is 0.192 e. The first-order valence-electron chi connectivity index (χ1n) is 10.7. The van der Waals surface area contributed by atoms with Gasteiger partial charge in [0.05, 0.1) is 12.2 Å². The van der Waals surface area contributed by atoms with Crippen LogP contribution in [0.5, 0.6) is 5.75 Å². The number of hydrogen-bond acceptors (Lipinski definition) is 6. The standard InChI is InChI=1S/C26H21ClN4OS2/c27-21-11-13-23(14-12-21)32-16-24-29-30-26(31(24)15-19-7-3-1-4-8-19)34-18-22-17-33-25(28-22)20-9-5-2-6-10-20/h1-14,17H,15-16,18H2. The Morgan fingerprint density at radius 1 is 0.882 bits per heavy atom. The molecule has 0 aliphatic carbocycles. The lowest BCUT2D eigenvalue weighted by molar-refractivity contribution is 0.289. The fraction of sp³-hybridized carbons (Fsp3) is 0.115. The molecule has 0 spiro atoms. The summed E-state index contributed by atoms with van der Waals surface area (Å²) in [5, 5.41) is 13.6. The molecule has 2 aromatic heterocycles. The second kappa shape index (κ2) is 10.9. The maximum atomic E-state index is 5.98. The summed E-state index contributed by atoms with van der Waals surface area (Å²) in [6.45, 7) is 0.985. The third kappa shape index (κ3) is 5.67. The van der Waals surface area contributed by atoms with Crippen molar-refractivity contribution in [3.05, 3.63) is 112 Å². The van der Waals surface area contributed by atoms with Gasteiger partial charge in [-0.1, -0.05) is 84.0 Å². The minimum absolute atomic E-state index is 0.316. The smallest absolute Gasteiger partial charge is 0.192 e. The lowest BCUT2D eigenvalue weighted by Crippen LogP contribution is -2.09. The van der Waals surface area contributed by atoms with Crippen LogP contribution in [0.25, 0.3) is 10.6 Å². The third-order valence-corrected chi connectivity index (χ3v) is 7.27. The number of nitrogens with zero attached hydrogens (tertiary/aromatic N) is 4. The first-order valence-corrected chi connectivity index (χ1v) is 13.0. The van der Waals surface area contributed by atoms with Crippen LogP contribution in [0.4, 0.5) is 0 Å². The fourth-order valence-electron chi connectivity index (χ4n) is 3.36. The largest absolute Gasteiger partial charge is 0.486 e. The second-order valence-corrected chi connectivity index (χ2v) is 9.75. The zero-order chi connectivity index (χ0) is 23.2. The molecule has 0 unspecified atom stereocenters. The zero-order valence-electron chi connectivity index (χ0n) is 18.2. The normalized spacial score (nSPS) is 11.0. The highest BCUT2D eigenvalue weighted by atomic mass is 35.5. The molecular weight excluding hydrogens is 484 g/mol. The molecule has 0 radical (unpaired) electrons. The van der Waals surface area contributed by atoms with Crippen LogP contribution in [-0.2, 0) is 18.9 Å². The molecule has 5 nitrogen and oxygen atoms in total. The SMILES string of the molecule is Clc1ccc(OCc2nnc(SCc3csc(-c4ccccc4)n3)n2Cc2ccccc2)cc1. The Kier molecular flexibility index (Phi) is 7.24. The van der Waals surface area contributed by atoms with Crippen molar-refractivity contribution in [1.29, 1.82) is 0 Å². The van der Waals surface area contributed by atoms with Gasteiger partial charge in [-0.25, -0.2) is 4.98 Å². The molecule has 34 heavy (non-hydrogen) atoms. The fourth-order valence-corrected chi connectivity index (χ4v) is 5.27. The molecular formula is C26H21ClN4OS2. The van der Waals surface area contributed by atoms with Crippen LogP contribution in [0.2, 0.25) is 5.02 Å². The zero-order valence-corrected chi connectivity index (χ0v) is 20.6. The number of ether oxygens (including phenoxy) is 1. The Balaban J connectivity index is 1.32. The summed E-state index contributed by atoms with van der Waals surface area (Å²) in [6.07, 6.45) is 0. The van der Waals surface area contributed by atoms with Gasteiger partial charge in [0.25, 0.3) is 0 Å². The summed E-state index contributed by atoms with van der Waals surface area (Å²) >= 11 is 9.27. The number of aromatic nitrogens is 4. The van der Waals surface area contributed by atoms with E-state index in [1.807, 2.05) is 60.7 Å². The molecule has 5 aromatic rings.